The number of aromatic nitrogens is 2. The van der Waals surface area contributed by atoms with Crippen LogP contribution in [0.5, 0.6) is 0 Å². The first-order valence-corrected chi connectivity index (χ1v) is 6.04. The third-order valence-corrected chi connectivity index (χ3v) is 3.39. The number of amides is 1. The van der Waals surface area contributed by atoms with Crippen molar-refractivity contribution in [2.45, 2.75) is 37.6 Å². The summed E-state index contributed by atoms with van der Waals surface area (Å²) in [4.78, 5) is 22.8. The molecule has 1 aliphatic carbocycles. The molecule has 1 aromatic rings. The maximum atomic E-state index is 11.7. The minimum Gasteiger partial charge on any atom is -0.480 e. The van der Waals surface area contributed by atoms with Crippen molar-refractivity contribution in [2.24, 2.45) is 7.05 Å². The van der Waals surface area contributed by atoms with Crippen molar-refractivity contribution in [3.05, 3.63) is 18.0 Å². The number of carbonyl (C=O) groups is 2. The van der Waals surface area contributed by atoms with E-state index in [2.05, 4.69) is 10.4 Å². The van der Waals surface area contributed by atoms with E-state index in [9.17, 15) is 9.59 Å². The van der Waals surface area contributed by atoms with Gasteiger partial charge >= 0.3 is 5.97 Å². The Morgan fingerprint density at radius 1 is 1.56 bits per heavy atom. The summed E-state index contributed by atoms with van der Waals surface area (Å²) < 4.78 is 1.68. The largest absolute Gasteiger partial charge is 0.480 e. The number of aryl methyl sites for hydroxylation is 2. The predicted octanol–water partition coefficient (Wildman–Crippen LogP) is 0.476. The van der Waals surface area contributed by atoms with Gasteiger partial charge < -0.3 is 10.4 Å². The molecule has 6 nitrogen and oxygen atoms in total. The molecular weight excluding hydrogens is 234 g/mol. The smallest absolute Gasteiger partial charge is 0.329 e. The highest BCUT2D eigenvalue weighted by Crippen LogP contribution is 2.32. The van der Waals surface area contributed by atoms with Crippen molar-refractivity contribution < 1.29 is 14.7 Å². The molecule has 0 atom stereocenters. The molecule has 0 bridgehead atoms. The zero-order chi connectivity index (χ0) is 13.2. The average molecular weight is 251 g/mol. The van der Waals surface area contributed by atoms with E-state index in [-0.39, 0.29) is 5.91 Å². The maximum absolute atomic E-state index is 11.7. The highest BCUT2D eigenvalue weighted by molar-refractivity contribution is 5.87. The van der Waals surface area contributed by atoms with Crippen LogP contribution in [0.2, 0.25) is 0 Å². The molecule has 1 aromatic heterocycles. The van der Waals surface area contributed by atoms with Crippen LogP contribution in [-0.2, 0) is 23.1 Å². The van der Waals surface area contributed by atoms with Crippen molar-refractivity contribution in [3.8, 4) is 0 Å². The van der Waals surface area contributed by atoms with Crippen LogP contribution in [0.15, 0.2) is 12.4 Å². The zero-order valence-corrected chi connectivity index (χ0v) is 10.3. The Kier molecular flexibility index (Phi) is 3.36. The monoisotopic (exact) mass is 251 g/mol. The molecule has 1 amide bonds. The van der Waals surface area contributed by atoms with Crippen LogP contribution in [0.25, 0.3) is 0 Å². The molecule has 1 heterocycles. The Morgan fingerprint density at radius 2 is 2.28 bits per heavy atom. The Morgan fingerprint density at radius 3 is 2.72 bits per heavy atom. The second-order valence-electron chi connectivity index (χ2n) is 4.81. The Hall–Kier alpha value is -1.85. The third-order valence-electron chi connectivity index (χ3n) is 3.39. The van der Waals surface area contributed by atoms with Gasteiger partial charge in [0.1, 0.15) is 5.54 Å². The van der Waals surface area contributed by atoms with Crippen LogP contribution in [-0.4, -0.2) is 32.3 Å². The van der Waals surface area contributed by atoms with Gasteiger partial charge in [0.25, 0.3) is 0 Å². The van der Waals surface area contributed by atoms with E-state index < -0.39 is 11.5 Å². The van der Waals surface area contributed by atoms with Crippen LogP contribution in [0.1, 0.15) is 31.2 Å². The fourth-order valence-corrected chi connectivity index (χ4v) is 2.11. The third kappa shape index (κ3) is 2.52. The van der Waals surface area contributed by atoms with Crippen molar-refractivity contribution in [1.82, 2.24) is 15.1 Å². The van der Waals surface area contributed by atoms with Crippen LogP contribution in [0, 0.1) is 0 Å². The molecule has 2 rings (SSSR count). The van der Waals surface area contributed by atoms with E-state index in [4.69, 9.17) is 5.11 Å². The lowest BCUT2D eigenvalue weighted by atomic mass is 9.76. The maximum Gasteiger partial charge on any atom is 0.329 e. The van der Waals surface area contributed by atoms with Crippen molar-refractivity contribution in [1.29, 1.82) is 0 Å². The number of hydrogen-bond donors (Lipinski definition) is 2. The average Bonchev–Trinajstić information content (AvgIpc) is 2.66. The minimum atomic E-state index is -1.01. The summed E-state index contributed by atoms with van der Waals surface area (Å²) in [6.45, 7) is 0. The molecular formula is C12H17N3O3. The van der Waals surface area contributed by atoms with Crippen molar-refractivity contribution >= 4 is 11.9 Å². The van der Waals surface area contributed by atoms with Crippen LogP contribution < -0.4 is 5.32 Å². The first-order valence-electron chi connectivity index (χ1n) is 6.04. The molecule has 18 heavy (non-hydrogen) atoms. The predicted molar refractivity (Wildman–Crippen MR) is 63.9 cm³/mol. The molecule has 0 spiro atoms. The fourth-order valence-electron chi connectivity index (χ4n) is 2.11. The summed E-state index contributed by atoms with van der Waals surface area (Å²) in [5.41, 5.74) is -0.0305. The van der Waals surface area contributed by atoms with E-state index in [0.717, 1.165) is 12.0 Å². The number of carbonyl (C=O) groups excluding carboxylic acids is 1. The summed E-state index contributed by atoms with van der Waals surface area (Å²) in [6.07, 6.45) is 6.35. The fraction of sp³-hybridized carbons (Fsp3) is 0.583. The molecule has 6 heteroatoms. The molecule has 1 saturated carbocycles. The summed E-state index contributed by atoms with van der Waals surface area (Å²) in [6, 6.07) is 0. The van der Waals surface area contributed by atoms with Crippen LogP contribution >= 0.6 is 0 Å². The summed E-state index contributed by atoms with van der Waals surface area (Å²) >= 11 is 0. The number of rotatable bonds is 5. The SMILES string of the molecule is Cn1cc(CCC(=O)NC2(C(=O)O)CCC2)cn1. The molecule has 1 fully saturated rings. The van der Waals surface area contributed by atoms with E-state index in [0.29, 0.717) is 25.7 Å². The Bertz CT molecular complexity index is 463. The van der Waals surface area contributed by atoms with Crippen molar-refractivity contribution in [2.75, 3.05) is 0 Å². The second-order valence-corrected chi connectivity index (χ2v) is 4.81. The first-order chi connectivity index (χ1) is 8.52. The number of carboxylic acids is 1. The molecule has 0 aromatic carbocycles. The van der Waals surface area contributed by atoms with Crippen molar-refractivity contribution in [3.63, 3.8) is 0 Å². The van der Waals surface area contributed by atoms with Gasteiger partial charge in [0, 0.05) is 19.7 Å². The lowest BCUT2D eigenvalue weighted by molar-refractivity contribution is -0.151. The van der Waals surface area contributed by atoms with Gasteiger partial charge in [0.15, 0.2) is 0 Å². The Balaban J connectivity index is 1.83. The molecule has 0 aliphatic heterocycles. The number of nitrogens with zero attached hydrogens (tertiary/aromatic N) is 2. The zero-order valence-electron chi connectivity index (χ0n) is 10.3. The molecule has 0 saturated heterocycles. The normalized spacial score (nSPS) is 16.9. The van der Waals surface area contributed by atoms with E-state index in [1.165, 1.54) is 0 Å². The Labute approximate surface area is 105 Å². The highest BCUT2D eigenvalue weighted by atomic mass is 16.4. The van der Waals surface area contributed by atoms with Gasteiger partial charge in [-0.2, -0.15) is 5.10 Å². The minimum absolute atomic E-state index is 0.207. The number of nitrogens with one attached hydrogen (secondary N) is 1. The summed E-state index contributed by atoms with van der Waals surface area (Å²) in [7, 11) is 1.82. The number of hydrogen-bond acceptors (Lipinski definition) is 3. The summed E-state index contributed by atoms with van der Waals surface area (Å²) in [5.74, 6) is -1.13. The number of aliphatic carboxylic acids is 1. The van der Waals surface area contributed by atoms with E-state index in [1.54, 1.807) is 10.9 Å². The first kappa shape index (κ1) is 12.6. The lowest BCUT2D eigenvalue weighted by Gasteiger charge is -2.38. The second kappa shape index (κ2) is 4.80. The van der Waals surface area contributed by atoms with Gasteiger partial charge in [-0.05, 0) is 31.2 Å². The molecule has 2 N–H and O–H groups in total. The van der Waals surface area contributed by atoms with Crippen LogP contribution in [0.4, 0.5) is 0 Å². The molecule has 98 valence electrons. The highest BCUT2D eigenvalue weighted by Gasteiger charge is 2.45. The molecule has 0 radical (unpaired) electrons. The van der Waals surface area contributed by atoms with Gasteiger partial charge in [-0.15, -0.1) is 0 Å². The van der Waals surface area contributed by atoms with Gasteiger partial charge in [-0.25, -0.2) is 4.79 Å². The van der Waals surface area contributed by atoms with E-state index in [1.807, 2.05) is 13.2 Å². The summed E-state index contributed by atoms with van der Waals surface area (Å²) in [5, 5.41) is 15.7. The molecule has 0 unspecified atom stereocenters. The van der Waals surface area contributed by atoms with Crippen LogP contribution in [0.3, 0.4) is 0 Å². The quantitative estimate of drug-likeness (QED) is 0.797. The van der Waals surface area contributed by atoms with Gasteiger partial charge in [-0.1, -0.05) is 0 Å². The standard InChI is InChI=1S/C12H17N3O3/c1-15-8-9(7-13-15)3-4-10(16)14-12(11(17)18)5-2-6-12/h7-8H,2-6H2,1H3,(H,14,16)(H,17,18). The van der Waals surface area contributed by atoms with Gasteiger partial charge in [0.2, 0.25) is 5.91 Å². The molecule has 1 aliphatic rings. The van der Waals surface area contributed by atoms with E-state index >= 15 is 0 Å². The topological polar surface area (TPSA) is 84.2 Å². The van der Waals surface area contributed by atoms with Gasteiger partial charge in [-0.3, -0.25) is 9.48 Å². The lowest BCUT2D eigenvalue weighted by Crippen LogP contribution is -2.59. The number of carboxylic acid groups (broad SMARTS) is 1. The van der Waals surface area contributed by atoms with Gasteiger partial charge in [0.05, 0.1) is 6.20 Å².